The van der Waals surface area contributed by atoms with E-state index < -0.39 is 11.5 Å². The van der Waals surface area contributed by atoms with Crippen LogP contribution in [0.3, 0.4) is 0 Å². The van der Waals surface area contributed by atoms with Crippen molar-refractivity contribution in [3.63, 3.8) is 0 Å². The number of hydrogen-bond acceptors (Lipinski definition) is 4. The first-order chi connectivity index (χ1) is 13.7. The maximum absolute atomic E-state index is 13.1. The number of rotatable bonds is 5. The van der Waals surface area contributed by atoms with Crippen molar-refractivity contribution in [3.05, 3.63) is 53.0 Å². The lowest BCUT2D eigenvalue weighted by molar-refractivity contribution is -0.146. The topological polar surface area (TPSA) is 97.1 Å². The van der Waals surface area contributed by atoms with Gasteiger partial charge in [-0.15, -0.1) is 0 Å². The van der Waals surface area contributed by atoms with Gasteiger partial charge in [-0.25, -0.2) is 4.79 Å². The molecule has 1 fully saturated rings. The van der Waals surface area contributed by atoms with Gasteiger partial charge < -0.3 is 10.4 Å². The van der Waals surface area contributed by atoms with E-state index in [-0.39, 0.29) is 5.91 Å². The van der Waals surface area contributed by atoms with E-state index in [4.69, 9.17) is 4.98 Å². The van der Waals surface area contributed by atoms with E-state index in [1.165, 1.54) is 17.1 Å². The van der Waals surface area contributed by atoms with Gasteiger partial charge in [0.1, 0.15) is 0 Å². The average molecular weight is 392 g/mol. The Balaban J connectivity index is 1.72. The summed E-state index contributed by atoms with van der Waals surface area (Å²) in [6, 6.07) is 5.95. The molecule has 7 nitrogen and oxygen atoms in total. The zero-order valence-electron chi connectivity index (χ0n) is 17.0. The molecule has 7 heteroatoms. The van der Waals surface area contributed by atoms with Crippen LogP contribution < -0.4 is 5.32 Å². The van der Waals surface area contributed by atoms with Crippen molar-refractivity contribution < 1.29 is 14.7 Å². The molecule has 0 bridgehead atoms. The van der Waals surface area contributed by atoms with Crippen molar-refractivity contribution in [2.24, 2.45) is 0 Å². The summed E-state index contributed by atoms with van der Waals surface area (Å²) in [5.74, 6) is -0.832. The first kappa shape index (κ1) is 19.1. The van der Waals surface area contributed by atoms with E-state index in [2.05, 4.69) is 16.5 Å². The molecule has 1 aliphatic rings. The highest BCUT2D eigenvalue weighted by Crippen LogP contribution is 2.40. The van der Waals surface area contributed by atoms with Crippen molar-refractivity contribution >= 4 is 28.5 Å². The molecule has 0 saturated heterocycles. The van der Waals surface area contributed by atoms with E-state index >= 15 is 0 Å². The fourth-order valence-corrected chi connectivity index (χ4v) is 3.47. The third kappa shape index (κ3) is 3.48. The Morgan fingerprint density at radius 1 is 1.21 bits per heavy atom. The van der Waals surface area contributed by atoms with Gasteiger partial charge in [-0.3, -0.25) is 14.5 Å². The molecule has 29 heavy (non-hydrogen) atoms. The van der Waals surface area contributed by atoms with Crippen LogP contribution in [0.5, 0.6) is 0 Å². The number of carbonyl (C=O) groups excluding carboxylic acids is 1. The molecule has 1 saturated carbocycles. The fraction of sp³-hybridized carbons (Fsp3) is 0.364. The number of pyridine rings is 1. The number of amides is 1. The zero-order valence-corrected chi connectivity index (χ0v) is 17.0. The standard InChI is InChI=1S/C22H24N4O3/c1-12-7-13(2)19-16(8-12)17(9-18(25-19)14-5-6-14)20(27)24-15-10-23-26(11-15)22(3,4)21(28)29/h7-11,14H,5-6H2,1-4H3,(H,24,27)(H,28,29). The van der Waals surface area contributed by atoms with E-state index in [1.54, 1.807) is 13.8 Å². The first-order valence-corrected chi connectivity index (χ1v) is 9.68. The van der Waals surface area contributed by atoms with E-state index in [0.29, 0.717) is 17.2 Å². The third-order valence-electron chi connectivity index (χ3n) is 5.44. The highest BCUT2D eigenvalue weighted by atomic mass is 16.4. The van der Waals surface area contributed by atoms with Gasteiger partial charge in [0.25, 0.3) is 5.91 Å². The molecule has 0 spiro atoms. The summed E-state index contributed by atoms with van der Waals surface area (Å²) < 4.78 is 1.33. The third-order valence-corrected chi connectivity index (χ3v) is 5.44. The number of fused-ring (bicyclic) bond motifs is 1. The van der Waals surface area contributed by atoms with Crippen molar-refractivity contribution in [2.75, 3.05) is 5.32 Å². The Labute approximate surface area is 168 Å². The predicted molar refractivity (Wildman–Crippen MR) is 110 cm³/mol. The number of nitrogens with zero attached hydrogens (tertiary/aromatic N) is 3. The summed E-state index contributed by atoms with van der Waals surface area (Å²) in [4.78, 5) is 29.4. The molecule has 1 aliphatic carbocycles. The van der Waals surface area contributed by atoms with Gasteiger partial charge >= 0.3 is 5.97 Å². The van der Waals surface area contributed by atoms with Gasteiger partial charge in [-0.2, -0.15) is 5.10 Å². The number of benzene rings is 1. The summed E-state index contributed by atoms with van der Waals surface area (Å²) in [5, 5.41) is 17.2. The van der Waals surface area contributed by atoms with Crippen LogP contribution in [0.15, 0.2) is 30.6 Å². The predicted octanol–water partition coefficient (Wildman–Crippen LogP) is 4.00. The summed E-state index contributed by atoms with van der Waals surface area (Å²) in [7, 11) is 0. The van der Waals surface area contributed by atoms with Gasteiger partial charge in [0, 0.05) is 23.2 Å². The highest BCUT2D eigenvalue weighted by molar-refractivity contribution is 6.12. The van der Waals surface area contributed by atoms with Crippen molar-refractivity contribution in [3.8, 4) is 0 Å². The lowest BCUT2D eigenvalue weighted by Crippen LogP contribution is -2.35. The maximum Gasteiger partial charge on any atom is 0.331 e. The van der Waals surface area contributed by atoms with Crippen LogP contribution in [-0.2, 0) is 10.3 Å². The summed E-state index contributed by atoms with van der Waals surface area (Å²) in [6.07, 6.45) is 5.20. The molecule has 4 rings (SSSR count). The zero-order chi connectivity index (χ0) is 20.9. The molecule has 1 amide bonds. The summed E-state index contributed by atoms with van der Waals surface area (Å²) in [6.45, 7) is 7.12. The van der Waals surface area contributed by atoms with Crippen LogP contribution in [0.4, 0.5) is 5.69 Å². The van der Waals surface area contributed by atoms with Crippen LogP contribution in [0.25, 0.3) is 10.9 Å². The number of anilines is 1. The maximum atomic E-state index is 13.1. The van der Waals surface area contributed by atoms with Crippen molar-refractivity contribution in [1.82, 2.24) is 14.8 Å². The van der Waals surface area contributed by atoms with E-state index in [9.17, 15) is 14.7 Å². The Bertz CT molecular complexity index is 1140. The van der Waals surface area contributed by atoms with Crippen molar-refractivity contribution in [2.45, 2.75) is 52.0 Å². The second-order valence-electron chi connectivity index (χ2n) is 8.34. The molecule has 0 aliphatic heterocycles. The largest absolute Gasteiger partial charge is 0.479 e. The number of aromatic nitrogens is 3. The van der Waals surface area contributed by atoms with Gasteiger partial charge in [-0.1, -0.05) is 11.6 Å². The number of nitrogens with one attached hydrogen (secondary N) is 1. The highest BCUT2D eigenvalue weighted by Gasteiger charge is 2.31. The Morgan fingerprint density at radius 2 is 1.93 bits per heavy atom. The quantitative estimate of drug-likeness (QED) is 0.684. The van der Waals surface area contributed by atoms with Crippen LogP contribution >= 0.6 is 0 Å². The SMILES string of the molecule is Cc1cc(C)c2nc(C3CC3)cc(C(=O)Nc3cnn(C(C)(C)C(=O)O)c3)c2c1. The summed E-state index contributed by atoms with van der Waals surface area (Å²) >= 11 is 0. The molecular weight excluding hydrogens is 368 g/mol. The van der Waals surface area contributed by atoms with Gasteiger partial charge in [-0.05, 0) is 58.2 Å². The number of aliphatic carboxylic acids is 1. The van der Waals surface area contributed by atoms with Gasteiger partial charge in [0.2, 0.25) is 0 Å². The minimum Gasteiger partial charge on any atom is -0.479 e. The second kappa shape index (κ2) is 6.69. The monoisotopic (exact) mass is 392 g/mol. The van der Waals surface area contributed by atoms with Crippen LogP contribution in [0.1, 0.15) is 59.8 Å². The fourth-order valence-electron chi connectivity index (χ4n) is 3.47. The smallest absolute Gasteiger partial charge is 0.331 e. The van der Waals surface area contributed by atoms with Crippen LogP contribution in [0.2, 0.25) is 0 Å². The number of carboxylic acid groups (broad SMARTS) is 1. The minimum atomic E-state index is -1.21. The molecular formula is C22H24N4O3. The van der Waals surface area contributed by atoms with Crippen LogP contribution in [0, 0.1) is 13.8 Å². The number of carboxylic acids is 1. The summed E-state index contributed by atoms with van der Waals surface area (Å²) in [5.41, 5.74) is 3.75. The van der Waals surface area contributed by atoms with Gasteiger partial charge in [0.05, 0.1) is 23.0 Å². The molecule has 1 aromatic carbocycles. The van der Waals surface area contributed by atoms with E-state index in [1.807, 2.05) is 26.0 Å². The van der Waals surface area contributed by atoms with Crippen LogP contribution in [-0.4, -0.2) is 31.7 Å². The molecule has 150 valence electrons. The normalized spacial score (nSPS) is 14.2. The Morgan fingerprint density at radius 3 is 2.59 bits per heavy atom. The lowest BCUT2D eigenvalue weighted by atomic mass is 10.00. The molecule has 2 aromatic heterocycles. The minimum absolute atomic E-state index is 0.253. The number of hydrogen-bond donors (Lipinski definition) is 2. The molecule has 0 radical (unpaired) electrons. The average Bonchev–Trinajstić information content (AvgIpc) is 3.39. The molecule has 0 unspecified atom stereocenters. The second-order valence-corrected chi connectivity index (χ2v) is 8.34. The molecule has 2 N–H and O–H groups in total. The molecule has 2 heterocycles. The number of carbonyl (C=O) groups is 2. The van der Waals surface area contributed by atoms with Crippen molar-refractivity contribution in [1.29, 1.82) is 0 Å². The number of aryl methyl sites for hydroxylation is 2. The van der Waals surface area contributed by atoms with Gasteiger partial charge in [0.15, 0.2) is 5.54 Å². The lowest BCUT2D eigenvalue weighted by Gasteiger charge is -2.19. The molecule has 0 atom stereocenters. The Kier molecular flexibility index (Phi) is 4.41. The first-order valence-electron chi connectivity index (χ1n) is 9.68. The Hall–Kier alpha value is -3.22. The van der Waals surface area contributed by atoms with E-state index in [0.717, 1.165) is 40.6 Å². The molecule has 3 aromatic rings.